The minimum absolute atomic E-state index is 0.226. The molecule has 2 unspecified atom stereocenters. The van der Waals surface area contributed by atoms with Crippen molar-refractivity contribution in [1.82, 2.24) is 0 Å². The van der Waals surface area contributed by atoms with Crippen LogP contribution in [0.1, 0.15) is 40.5 Å². The van der Waals surface area contributed by atoms with Crippen LogP contribution in [0.4, 0.5) is 8.78 Å². The average Bonchev–Trinajstić information content (AvgIpc) is 2.27. The second-order valence-corrected chi connectivity index (χ2v) is 6.61. The van der Waals surface area contributed by atoms with E-state index in [1.807, 2.05) is 22.6 Å². The van der Waals surface area contributed by atoms with Crippen LogP contribution in [0.25, 0.3) is 0 Å². The summed E-state index contributed by atoms with van der Waals surface area (Å²) >= 11 is 1.82. The van der Waals surface area contributed by atoms with Crippen LogP contribution >= 0.6 is 22.6 Å². The van der Waals surface area contributed by atoms with Gasteiger partial charge in [-0.05, 0) is 27.2 Å². The molecule has 0 aliphatic rings. The normalized spacial score (nSPS) is 14.8. The Morgan fingerprint density at radius 1 is 1.25 bits per heavy atom. The van der Waals surface area contributed by atoms with E-state index in [1.165, 1.54) is 13.8 Å². The quantitative estimate of drug-likeness (QED) is 0.353. The van der Waals surface area contributed by atoms with Crippen molar-refractivity contribution in [2.75, 3.05) is 6.61 Å². The molecule has 118 valence electrons. The van der Waals surface area contributed by atoms with Crippen LogP contribution in [0.2, 0.25) is 0 Å². The van der Waals surface area contributed by atoms with Gasteiger partial charge < -0.3 is 9.47 Å². The van der Waals surface area contributed by atoms with Gasteiger partial charge in [-0.3, -0.25) is 4.79 Å². The van der Waals surface area contributed by atoms with Crippen LogP contribution in [0.15, 0.2) is 0 Å². The van der Waals surface area contributed by atoms with Crippen LogP contribution in [0, 0.1) is 5.92 Å². The zero-order valence-corrected chi connectivity index (χ0v) is 14.3. The molecule has 2 atom stereocenters. The molecule has 0 aromatic heterocycles. The summed E-state index contributed by atoms with van der Waals surface area (Å²) in [5, 5.41) is 0. The van der Waals surface area contributed by atoms with E-state index in [-0.39, 0.29) is 13.0 Å². The lowest BCUT2D eigenvalue weighted by Crippen LogP contribution is -2.35. The number of hydrogen-bond acceptors (Lipinski definition) is 4. The van der Waals surface area contributed by atoms with Gasteiger partial charge in [0, 0.05) is 10.3 Å². The molecule has 0 N–H and O–H groups in total. The maximum atomic E-state index is 13.6. The van der Waals surface area contributed by atoms with E-state index in [0.29, 0.717) is 0 Å². The lowest BCUT2D eigenvalue weighted by Gasteiger charge is -2.21. The summed E-state index contributed by atoms with van der Waals surface area (Å²) < 4.78 is 36.1. The third-order valence-corrected chi connectivity index (χ3v) is 3.37. The Labute approximate surface area is 131 Å². The summed E-state index contributed by atoms with van der Waals surface area (Å²) in [5.41, 5.74) is 0. The summed E-state index contributed by atoms with van der Waals surface area (Å²) in [5.74, 6) is -5.95. The molecule has 7 heteroatoms. The van der Waals surface area contributed by atoms with Gasteiger partial charge in [0.1, 0.15) is 0 Å². The Morgan fingerprint density at radius 3 is 2.25 bits per heavy atom. The van der Waals surface area contributed by atoms with E-state index >= 15 is 0 Å². The van der Waals surface area contributed by atoms with Crippen LogP contribution in [0.3, 0.4) is 0 Å². The van der Waals surface area contributed by atoms with E-state index in [1.54, 1.807) is 13.8 Å². The first kappa shape index (κ1) is 19.5. The van der Waals surface area contributed by atoms with Gasteiger partial charge in [0.15, 0.2) is 0 Å². The van der Waals surface area contributed by atoms with Gasteiger partial charge in [-0.15, -0.1) is 0 Å². The molecular formula is C13H21F2IO4. The highest BCUT2D eigenvalue weighted by Gasteiger charge is 2.43. The van der Waals surface area contributed by atoms with Gasteiger partial charge >= 0.3 is 17.9 Å². The lowest BCUT2D eigenvalue weighted by atomic mass is 10.0. The molecule has 0 saturated carbocycles. The van der Waals surface area contributed by atoms with Crippen LogP contribution < -0.4 is 0 Å². The average molecular weight is 406 g/mol. The summed E-state index contributed by atoms with van der Waals surface area (Å²) in [6, 6.07) is 0. The van der Waals surface area contributed by atoms with E-state index in [0.717, 1.165) is 0 Å². The number of carbonyl (C=O) groups is 2. The second kappa shape index (κ2) is 8.74. The third-order valence-electron chi connectivity index (χ3n) is 2.42. The molecule has 0 amide bonds. The topological polar surface area (TPSA) is 52.6 Å². The smallest absolute Gasteiger partial charge is 0.377 e. The molecule has 0 saturated heterocycles. The first-order chi connectivity index (χ1) is 9.10. The molecular weight excluding hydrogens is 385 g/mol. The van der Waals surface area contributed by atoms with Gasteiger partial charge in [-0.25, -0.2) is 4.79 Å². The Morgan fingerprint density at radius 2 is 1.80 bits per heavy atom. The fourth-order valence-electron chi connectivity index (χ4n) is 1.51. The van der Waals surface area contributed by atoms with E-state index < -0.39 is 40.2 Å². The minimum Gasteiger partial charge on any atom is -0.466 e. The largest absolute Gasteiger partial charge is 0.466 e. The first-order valence-corrected chi connectivity index (χ1v) is 7.74. The van der Waals surface area contributed by atoms with E-state index in [4.69, 9.17) is 4.74 Å². The summed E-state index contributed by atoms with van der Waals surface area (Å²) in [4.78, 5) is 22.7. The Hall–Kier alpha value is -0.470. The van der Waals surface area contributed by atoms with Gasteiger partial charge in [-0.1, -0.05) is 29.5 Å². The van der Waals surface area contributed by atoms with Crippen LogP contribution in [0.5, 0.6) is 0 Å². The molecule has 0 radical (unpaired) electrons. The second-order valence-electron chi connectivity index (χ2n) is 4.85. The van der Waals surface area contributed by atoms with Crippen LogP contribution in [-0.2, 0) is 19.1 Å². The van der Waals surface area contributed by atoms with Crippen molar-refractivity contribution in [3.8, 4) is 0 Å². The monoisotopic (exact) mass is 406 g/mol. The molecule has 0 aromatic rings. The van der Waals surface area contributed by atoms with Gasteiger partial charge in [0.25, 0.3) is 0 Å². The first-order valence-electron chi connectivity index (χ1n) is 6.49. The van der Waals surface area contributed by atoms with Gasteiger partial charge in [-0.2, -0.15) is 8.78 Å². The molecule has 0 aliphatic heterocycles. The van der Waals surface area contributed by atoms with Crippen molar-refractivity contribution in [2.24, 2.45) is 5.92 Å². The van der Waals surface area contributed by atoms with Crippen molar-refractivity contribution in [3.05, 3.63) is 0 Å². The Bertz CT molecular complexity index is 334. The maximum absolute atomic E-state index is 13.6. The summed E-state index contributed by atoms with van der Waals surface area (Å²) in [6.45, 7) is 6.58. The number of hydrogen-bond donors (Lipinski definition) is 0. The van der Waals surface area contributed by atoms with Crippen molar-refractivity contribution in [1.29, 1.82) is 0 Å². The SMILES string of the molecule is CCOC(=O)C(C)CC(I)CC(F)(F)C(=O)OC(C)C. The Balaban J connectivity index is 4.40. The number of halogens is 3. The molecule has 0 spiro atoms. The maximum Gasteiger partial charge on any atom is 0.377 e. The number of carbonyl (C=O) groups excluding carboxylic acids is 2. The molecule has 0 aromatic carbocycles. The zero-order valence-electron chi connectivity index (χ0n) is 12.1. The van der Waals surface area contributed by atoms with Crippen molar-refractivity contribution in [2.45, 2.75) is 56.5 Å². The standard InChI is InChI=1S/C13H21F2IO4/c1-5-19-11(17)9(4)6-10(16)7-13(14,15)12(18)20-8(2)3/h8-10H,5-7H2,1-4H3. The fraction of sp³-hybridized carbons (Fsp3) is 0.846. The molecule has 0 aliphatic carbocycles. The zero-order chi connectivity index (χ0) is 15.9. The molecule has 0 heterocycles. The summed E-state index contributed by atoms with van der Waals surface area (Å²) in [6.07, 6.45) is -1.01. The van der Waals surface area contributed by atoms with Crippen molar-refractivity contribution in [3.63, 3.8) is 0 Å². The Kier molecular flexibility index (Phi) is 8.53. The molecule has 0 bridgehead atoms. The molecule has 0 fully saturated rings. The van der Waals surface area contributed by atoms with Gasteiger partial charge in [0.2, 0.25) is 0 Å². The molecule has 4 nitrogen and oxygen atoms in total. The third kappa shape index (κ3) is 7.35. The molecule has 20 heavy (non-hydrogen) atoms. The number of rotatable bonds is 8. The highest BCUT2D eigenvalue weighted by atomic mass is 127. The number of alkyl halides is 3. The number of ether oxygens (including phenoxy) is 2. The van der Waals surface area contributed by atoms with Gasteiger partial charge in [0.05, 0.1) is 18.6 Å². The summed E-state index contributed by atoms with van der Waals surface area (Å²) in [7, 11) is 0. The predicted octanol–water partition coefficient (Wildman–Crippen LogP) is 3.36. The van der Waals surface area contributed by atoms with Crippen molar-refractivity contribution < 1.29 is 27.8 Å². The lowest BCUT2D eigenvalue weighted by molar-refractivity contribution is -0.176. The molecule has 0 rings (SSSR count). The van der Waals surface area contributed by atoms with E-state index in [2.05, 4.69) is 4.74 Å². The predicted molar refractivity (Wildman–Crippen MR) is 79.0 cm³/mol. The fourth-order valence-corrected chi connectivity index (χ4v) is 2.83. The highest BCUT2D eigenvalue weighted by molar-refractivity contribution is 14.1. The minimum atomic E-state index is -3.54. The number of esters is 2. The van der Waals surface area contributed by atoms with Crippen LogP contribution in [-0.4, -0.2) is 34.5 Å². The highest BCUT2D eigenvalue weighted by Crippen LogP contribution is 2.29. The van der Waals surface area contributed by atoms with E-state index in [9.17, 15) is 18.4 Å². The van der Waals surface area contributed by atoms with Crippen molar-refractivity contribution >= 4 is 34.5 Å².